The molecule has 8 nitrogen and oxygen atoms in total. The zero-order valence-corrected chi connectivity index (χ0v) is 14.7. The number of carbonyl (C=O) groups excluding carboxylic acids is 1. The van der Waals surface area contributed by atoms with E-state index >= 15 is 0 Å². The van der Waals surface area contributed by atoms with Crippen LogP contribution in [0.1, 0.15) is 20.8 Å². The fraction of sp³-hybridized carbons (Fsp3) is 0.429. The number of hydrogen-bond acceptors (Lipinski definition) is 6. The molecule has 26 heavy (non-hydrogen) atoms. The van der Waals surface area contributed by atoms with Gasteiger partial charge in [0.1, 0.15) is 17.9 Å². The van der Waals surface area contributed by atoms with E-state index in [0.29, 0.717) is 0 Å². The first-order valence-electron chi connectivity index (χ1n) is 6.95. The Balaban J connectivity index is 3.08. The molecule has 0 aliphatic heterocycles. The number of aliphatic carboxylic acids is 1. The highest BCUT2D eigenvalue weighted by Gasteiger charge is 2.48. The van der Waals surface area contributed by atoms with Gasteiger partial charge in [-0.05, 0) is 45.0 Å². The Labute approximate surface area is 147 Å². The van der Waals surface area contributed by atoms with Crippen molar-refractivity contribution in [2.24, 2.45) is 0 Å². The molecule has 0 saturated heterocycles. The van der Waals surface area contributed by atoms with Gasteiger partial charge in [0.15, 0.2) is 0 Å². The fourth-order valence-corrected chi connectivity index (χ4v) is 2.03. The topological polar surface area (TPSA) is 110 Å². The lowest BCUT2D eigenvalue weighted by molar-refractivity contribution is -0.135. The van der Waals surface area contributed by atoms with E-state index in [4.69, 9.17) is 9.84 Å². The molecule has 0 aromatic heterocycles. The molecular weight excluding hydrogens is 383 g/mol. The van der Waals surface area contributed by atoms with Gasteiger partial charge in [0.2, 0.25) is 0 Å². The van der Waals surface area contributed by atoms with Crippen molar-refractivity contribution in [1.82, 2.24) is 0 Å². The molecule has 0 heterocycles. The van der Waals surface area contributed by atoms with Gasteiger partial charge in [0.05, 0.1) is 0 Å². The number of carboxylic acids is 1. The van der Waals surface area contributed by atoms with Crippen molar-refractivity contribution in [3.63, 3.8) is 0 Å². The normalized spacial score (nSPS) is 12.4. The zero-order valence-electron chi connectivity index (χ0n) is 13.9. The number of nitrogens with zero attached hydrogens (tertiary/aromatic N) is 1. The van der Waals surface area contributed by atoms with Gasteiger partial charge in [0.25, 0.3) is 0 Å². The number of ether oxygens (including phenoxy) is 1. The molecule has 146 valence electrons. The van der Waals surface area contributed by atoms with Gasteiger partial charge in [-0.2, -0.15) is 21.6 Å². The van der Waals surface area contributed by atoms with Gasteiger partial charge in [-0.1, -0.05) is 0 Å². The zero-order chi connectivity index (χ0) is 20.3. The Morgan fingerprint density at radius 1 is 1.12 bits per heavy atom. The van der Waals surface area contributed by atoms with Crippen molar-refractivity contribution < 1.29 is 45.2 Å². The Bertz CT molecular complexity index is 767. The number of carboxylic acid groups (broad SMARTS) is 1. The first-order chi connectivity index (χ1) is 11.6. The third-order valence-electron chi connectivity index (χ3n) is 2.55. The summed E-state index contributed by atoms with van der Waals surface area (Å²) in [6.07, 6.45) is -1.00. The summed E-state index contributed by atoms with van der Waals surface area (Å²) in [5, 5.41) is 8.91. The Morgan fingerprint density at radius 3 is 2.00 bits per heavy atom. The number of halogens is 3. The summed E-state index contributed by atoms with van der Waals surface area (Å²) in [5.41, 5.74) is -6.56. The molecule has 1 aromatic carbocycles. The first-order valence-corrected chi connectivity index (χ1v) is 8.36. The highest BCUT2D eigenvalue weighted by Crippen LogP contribution is 2.28. The van der Waals surface area contributed by atoms with E-state index in [9.17, 15) is 31.2 Å². The second-order valence-electron chi connectivity index (χ2n) is 5.94. The van der Waals surface area contributed by atoms with E-state index in [2.05, 4.69) is 4.18 Å². The minimum Gasteiger partial charge on any atom is -0.480 e. The van der Waals surface area contributed by atoms with Crippen LogP contribution in [0.25, 0.3) is 0 Å². The van der Waals surface area contributed by atoms with Crippen LogP contribution >= 0.6 is 0 Å². The van der Waals surface area contributed by atoms with Crippen LogP contribution in [-0.4, -0.2) is 43.2 Å². The smallest absolute Gasteiger partial charge is 0.480 e. The average Bonchev–Trinajstić information content (AvgIpc) is 2.42. The lowest BCUT2D eigenvalue weighted by atomic mass is 10.2. The van der Waals surface area contributed by atoms with Crippen molar-refractivity contribution in [3.8, 4) is 5.75 Å². The number of anilines is 1. The molecule has 0 aliphatic rings. The van der Waals surface area contributed by atoms with E-state index < -0.39 is 45.6 Å². The summed E-state index contributed by atoms with van der Waals surface area (Å²) in [7, 11) is -5.84. The lowest BCUT2D eigenvalue weighted by Crippen LogP contribution is -2.40. The monoisotopic (exact) mass is 399 g/mol. The van der Waals surface area contributed by atoms with Crippen LogP contribution in [0, 0.1) is 0 Å². The Morgan fingerprint density at radius 2 is 1.62 bits per heavy atom. The Kier molecular flexibility index (Phi) is 6.13. The molecule has 0 saturated carbocycles. The molecule has 0 radical (unpaired) electrons. The van der Waals surface area contributed by atoms with Crippen molar-refractivity contribution >= 4 is 27.9 Å². The minimum absolute atomic E-state index is 0.0431. The number of rotatable bonds is 5. The minimum atomic E-state index is -5.84. The molecular formula is C14H16F3NO7S. The van der Waals surface area contributed by atoms with Crippen molar-refractivity contribution in [2.45, 2.75) is 31.9 Å². The van der Waals surface area contributed by atoms with Gasteiger partial charge in [-0.25, -0.2) is 4.79 Å². The quantitative estimate of drug-likeness (QED) is 0.599. The van der Waals surface area contributed by atoms with Gasteiger partial charge >= 0.3 is 27.7 Å². The predicted molar refractivity (Wildman–Crippen MR) is 83.3 cm³/mol. The molecule has 0 unspecified atom stereocenters. The van der Waals surface area contributed by atoms with Crippen molar-refractivity contribution in [1.29, 1.82) is 0 Å². The maximum Gasteiger partial charge on any atom is 0.534 e. The van der Waals surface area contributed by atoms with E-state index in [-0.39, 0.29) is 5.69 Å². The van der Waals surface area contributed by atoms with Crippen LogP contribution in [0.5, 0.6) is 5.75 Å². The number of hydrogen-bond donors (Lipinski definition) is 1. The third-order valence-corrected chi connectivity index (χ3v) is 3.52. The second-order valence-corrected chi connectivity index (χ2v) is 7.48. The van der Waals surface area contributed by atoms with Gasteiger partial charge in [-0.3, -0.25) is 9.69 Å². The fourth-order valence-electron chi connectivity index (χ4n) is 1.57. The first kappa shape index (κ1) is 21.5. The molecule has 1 N–H and O–H groups in total. The SMILES string of the molecule is CC(C)(C)OC(=O)N(CC(=O)O)c1ccc(OS(=O)(=O)C(F)(F)F)cc1. The molecule has 1 aromatic rings. The number of carbonyl (C=O) groups is 2. The summed E-state index contributed by atoms with van der Waals surface area (Å²) in [6.45, 7) is 3.89. The van der Waals surface area contributed by atoms with Crippen LogP contribution in [0.4, 0.5) is 23.7 Å². The van der Waals surface area contributed by atoms with Crippen molar-refractivity contribution in [2.75, 3.05) is 11.4 Å². The van der Waals surface area contributed by atoms with Crippen LogP contribution in [0.2, 0.25) is 0 Å². The van der Waals surface area contributed by atoms with Gasteiger partial charge < -0.3 is 14.0 Å². The summed E-state index contributed by atoms with van der Waals surface area (Å²) >= 11 is 0. The maximum atomic E-state index is 12.3. The molecule has 0 atom stereocenters. The second kappa shape index (κ2) is 7.40. The van der Waals surface area contributed by atoms with Crippen LogP contribution < -0.4 is 9.08 Å². The predicted octanol–water partition coefficient (Wildman–Crippen LogP) is 2.74. The summed E-state index contributed by atoms with van der Waals surface area (Å²) in [6, 6.07) is 3.73. The highest BCUT2D eigenvalue weighted by atomic mass is 32.2. The number of amides is 1. The number of alkyl halides is 3. The largest absolute Gasteiger partial charge is 0.534 e. The Hall–Kier alpha value is -2.50. The maximum absolute atomic E-state index is 12.3. The summed E-state index contributed by atoms with van der Waals surface area (Å²) < 4.78 is 67.7. The molecule has 0 aliphatic carbocycles. The molecule has 0 fully saturated rings. The van der Waals surface area contributed by atoms with E-state index in [1.807, 2.05) is 0 Å². The molecule has 0 bridgehead atoms. The van der Waals surface area contributed by atoms with Crippen LogP contribution in [0.15, 0.2) is 24.3 Å². The molecule has 1 amide bonds. The molecule has 12 heteroatoms. The van der Waals surface area contributed by atoms with Crippen molar-refractivity contribution in [3.05, 3.63) is 24.3 Å². The standard InChI is InChI=1S/C14H16F3NO7S/c1-13(2,3)24-12(21)18(8-11(19)20)9-4-6-10(7-5-9)25-26(22,23)14(15,16)17/h4-7H,8H2,1-3H3,(H,19,20). The van der Waals surface area contributed by atoms with Gasteiger partial charge in [0, 0.05) is 5.69 Å². The summed E-state index contributed by atoms with van der Waals surface area (Å²) in [5.74, 6) is -2.03. The molecule has 0 spiro atoms. The third kappa shape index (κ3) is 6.10. The lowest BCUT2D eigenvalue weighted by Gasteiger charge is -2.26. The van der Waals surface area contributed by atoms with E-state index in [0.717, 1.165) is 29.2 Å². The summed E-state index contributed by atoms with van der Waals surface area (Å²) in [4.78, 5) is 23.8. The molecule has 1 rings (SSSR count). The van der Waals surface area contributed by atoms with Crippen LogP contribution in [-0.2, 0) is 19.6 Å². The number of benzene rings is 1. The van der Waals surface area contributed by atoms with E-state index in [1.165, 1.54) is 0 Å². The van der Waals surface area contributed by atoms with E-state index in [1.54, 1.807) is 20.8 Å². The average molecular weight is 399 g/mol. The van der Waals surface area contributed by atoms with Gasteiger partial charge in [-0.15, -0.1) is 0 Å². The highest BCUT2D eigenvalue weighted by molar-refractivity contribution is 7.88. The van der Waals surface area contributed by atoms with Crippen LogP contribution in [0.3, 0.4) is 0 Å².